The Balaban J connectivity index is 1.28. The highest BCUT2D eigenvalue weighted by Gasteiger charge is 2.33. The van der Waals surface area contributed by atoms with Gasteiger partial charge in [-0.3, -0.25) is 14.5 Å². The SMILES string of the molecule is O=C(CN1CCN(C(=O)c2ccc(-n3cnnn3)cc2)CC1)Nc1ccc(Cl)c(C(F)(F)F)c1. The summed E-state index contributed by atoms with van der Waals surface area (Å²) in [5, 5.41) is 13.0. The van der Waals surface area contributed by atoms with Crippen molar-refractivity contribution >= 4 is 29.1 Å². The van der Waals surface area contributed by atoms with Gasteiger partial charge in [-0.1, -0.05) is 11.6 Å². The molecule has 1 fully saturated rings. The smallest absolute Gasteiger partial charge is 0.336 e. The van der Waals surface area contributed by atoms with E-state index in [1.165, 1.54) is 17.1 Å². The summed E-state index contributed by atoms with van der Waals surface area (Å²) < 4.78 is 40.5. The maximum atomic E-state index is 13.0. The van der Waals surface area contributed by atoms with Crippen LogP contribution >= 0.6 is 11.6 Å². The van der Waals surface area contributed by atoms with Gasteiger partial charge in [0, 0.05) is 37.4 Å². The molecule has 34 heavy (non-hydrogen) atoms. The van der Waals surface area contributed by atoms with Gasteiger partial charge in [-0.2, -0.15) is 13.2 Å². The van der Waals surface area contributed by atoms with E-state index in [2.05, 4.69) is 20.8 Å². The summed E-state index contributed by atoms with van der Waals surface area (Å²) in [6.07, 6.45) is -3.16. The number of nitrogens with one attached hydrogen (secondary N) is 1. The average Bonchev–Trinajstić information content (AvgIpc) is 3.35. The fourth-order valence-electron chi connectivity index (χ4n) is 3.55. The van der Waals surface area contributed by atoms with Crippen LogP contribution in [-0.4, -0.2) is 74.5 Å². The van der Waals surface area contributed by atoms with Crippen molar-refractivity contribution in [1.82, 2.24) is 30.0 Å². The zero-order valence-corrected chi connectivity index (χ0v) is 18.4. The third kappa shape index (κ3) is 5.51. The van der Waals surface area contributed by atoms with E-state index in [4.69, 9.17) is 11.6 Å². The molecule has 1 aromatic heterocycles. The van der Waals surface area contributed by atoms with Crippen LogP contribution in [0.2, 0.25) is 5.02 Å². The highest BCUT2D eigenvalue weighted by Crippen LogP contribution is 2.36. The summed E-state index contributed by atoms with van der Waals surface area (Å²) in [7, 11) is 0. The number of nitrogens with zero attached hydrogens (tertiary/aromatic N) is 6. The first-order chi connectivity index (χ1) is 16.2. The summed E-state index contributed by atoms with van der Waals surface area (Å²) in [6.45, 7) is 1.74. The number of carbonyl (C=O) groups excluding carboxylic acids is 2. The van der Waals surface area contributed by atoms with Gasteiger partial charge in [0.2, 0.25) is 5.91 Å². The largest absolute Gasteiger partial charge is 0.417 e. The van der Waals surface area contributed by atoms with Crippen LogP contribution in [0, 0.1) is 0 Å². The summed E-state index contributed by atoms with van der Waals surface area (Å²) >= 11 is 5.61. The van der Waals surface area contributed by atoms with E-state index in [0.29, 0.717) is 31.7 Å². The predicted octanol–water partition coefficient (Wildman–Crippen LogP) is 2.73. The molecule has 0 aliphatic carbocycles. The number of anilines is 1. The Bertz CT molecular complexity index is 1160. The molecule has 1 saturated heterocycles. The summed E-state index contributed by atoms with van der Waals surface area (Å²) in [4.78, 5) is 28.6. The van der Waals surface area contributed by atoms with Crippen molar-refractivity contribution in [3.05, 3.63) is 64.9 Å². The molecule has 0 atom stereocenters. The Morgan fingerprint density at radius 3 is 2.35 bits per heavy atom. The van der Waals surface area contributed by atoms with Gasteiger partial charge < -0.3 is 10.2 Å². The Morgan fingerprint density at radius 1 is 1.03 bits per heavy atom. The van der Waals surface area contributed by atoms with Crippen LogP contribution < -0.4 is 5.32 Å². The summed E-state index contributed by atoms with van der Waals surface area (Å²) in [6, 6.07) is 10.1. The standard InChI is InChI=1S/C21H19ClF3N7O2/c22-18-6-3-15(11-17(18)21(23,24)25)27-19(33)12-30-7-9-31(10-8-30)20(34)14-1-4-16(5-2-14)32-13-26-28-29-32/h1-6,11,13H,7-10,12H2,(H,27,33). The molecule has 3 aromatic rings. The first kappa shape index (κ1) is 23.6. The molecule has 1 N–H and O–H groups in total. The van der Waals surface area contributed by atoms with E-state index >= 15 is 0 Å². The van der Waals surface area contributed by atoms with Crippen molar-refractivity contribution in [1.29, 1.82) is 0 Å². The number of rotatable bonds is 5. The Kier molecular flexibility index (Phi) is 6.80. The van der Waals surface area contributed by atoms with Crippen LogP contribution in [0.25, 0.3) is 5.69 Å². The van der Waals surface area contributed by atoms with Crippen molar-refractivity contribution in [2.75, 3.05) is 38.0 Å². The molecular weight excluding hydrogens is 475 g/mol. The third-order valence-electron chi connectivity index (χ3n) is 5.31. The van der Waals surface area contributed by atoms with Crippen LogP contribution in [0.1, 0.15) is 15.9 Å². The van der Waals surface area contributed by atoms with Gasteiger partial charge in [0.15, 0.2) is 0 Å². The molecule has 0 bridgehead atoms. The number of hydrogen-bond donors (Lipinski definition) is 1. The van der Waals surface area contributed by atoms with Crippen LogP contribution in [-0.2, 0) is 11.0 Å². The molecular formula is C21H19ClF3N7O2. The normalized spacial score (nSPS) is 14.8. The number of carbonyl (C=O) groups is 2. The second-order valence-electron chi connectivity index (χ2n) is 7.61. The topological polar surface area (TPSA) is 96.3 Å². The van der Waals surface area contributed by atoms with Gasteiger partial charge in [0.1, 0.15) is 6.33 Å². The lowest BCUT2D eigenvalue weighted by atomic mass is 10.1. The Hall–Kier alpha value is -3.51. The van der Waals surface area contributed by atoms with Crippen LogP contribution in [0.4, 0.5) is 18.9 Å². The molecule has 1 aliphatic rings. The Morgan fingerprint density at radius 2 is 1.74 bits per heavy atom. The first-order valence-electron chi connectivity index (χ1n) is 10.2. The van der Waals surface area contributed by atoms with Crippen molar-refractivity contribution in [2.45, 2.75) is 6.18 Å². The molecule has 0 unspecified atom stereocenters. The average molecular weight is 494 g/mol. The molecule has 2 aromatic carbocycles. The number of benzene rings is 2. The second kappa shape index (κ2) is 9.77. The summed E-state index contributed by atoms with van der Waals surface area (Å²) in [5.41, 5.74) is 0.248. The highest BCUT2D eigenvalue weighted by atomic mass is 35.5. The van der Waals surface area contributed by atoms with E-state index in [1.54, 1.807) is 29.2 Å². The number of piperazine rings is 1. The minimum atomic E-state index is -4.62. The number of alkyl halides is 3. The molecule has 1 aliphatic heterocycles. The molecule has 2 heterocycles. The van der Waals surface area contributed by atoms with Crippen LogP contribution in [0.5, 0.6) is 0 Å². The molecule has 0 spiro atoms. The van der Waals surface area contributed by atoms with E-state index in [1.807, 2.05) is 4.90 Å². The highest BCUT2D eigenvalue weighted by molar-refractivity contribution is 6.31. The molecule has 13 heteroatoms. The van der Waals surface area contributed by atoms with Gasteiger partial charge in [-0.15, -0.1) is 5.10 Å². The molecule has 178 valence electrons. The van der Waals surface area contributed by atoms with E-state index < -0.39 is 22.7 Å². The molecule has 0 saturated carbocycles. The van der Waals surface area contributed by atoms with E-state index in [0.717, 1.165) is 17.8 Å². The zero-order valence-electron chi connectivity index (χ0n) is 17.7. The van der Waals surface area contributed by atoms with E-state index in [-0.39, 0.29) is 18.1 Å². The lowest BCUT2D eigenvalue weighted by Crippen LogP contribution is -2.50. The van der Waals surface area contributed by atoms with Gasteiger partial charge in [0.05, 0.1) is 22.8 Å². The van der Waals surface area contributed by atoms with Gasteiger partial charge in [-0.05, 0) is 52.9 Å². The molecule has 4 rings (SSSR count). The van der Waals surface area contributed by atoms with Crippen molar-refractivity contribution in [2.24, 2.45) is 0 Å². The first-order valence-corrected chi connectivity index (χ1v) is 10.6. The molecule has 9 nitrogen and oxygen atoms in total. The predicted molar refractivity (Wildman–Crippen MR) is 117 cm³/mol. The number of hydrogen-bond acceptors (Lipinski definition) is 6. The van der Waals surface area contributed by atoms with Gasteiger partial charge in [-0.25, -0.2) is 4.68 Å². The summed E-state index contributed by atoms with van der Waals surface area (Å²) in [5.74, 6) is -0.582. The third-order valence-corrected chi connectivity index (χ3v) is 5.64. The fourth-order valence-corrected chi connectivity index (χ4v) is 3.78. The lowest BCUT2D eigenvalue weighted by Gasteiger charge is -2.34. The van der Waals surface area contributed by atoms with Gasteiger partial charge >= 0.3 is 6.18 Å². The van der Waals surface area contributed by atoms with Gasteiger partial charge in [0.25, 0.3) is 5.91 Å². The number of amides is 2. The number of aromatic nitrogens is 4. The maximum absolute atomic E-state index is 13.0. The lowest BCUT2D eigenvalue weighted by molar-refractivity contribution is -0.137. The minimum absolute atomic E-state index is 0.00730. The van der Waals surface area contributed by atoms with Crippen LogP contribution in [0.3, 0.4) is 0 Å². The fraction of sp³-hybridized carbons (Fsp3) is 0.286. The monoisotopic (exact) mass is 493 g/mol. The zero-order chi connectivity index (χ0) is 24.3. The van der Waals surface area contributed by atoms with Crippen molar-refractivity contribution in [3.8, 4) is 5.69 Å². The molecule has 2 amide bonds. The number of halogens is 4. The van der Waals surface area contributed by atoms with E-state index in [9.17, 15) is 22.8 Å². The van der Waals surface area contributed by atoms with Crippen molar-refractivity contribution < 1.29 is 22.8 Å². The second-order valence-corrected chi connectivity index (χ2v) is 8.02. The Labute approximate surface area is 197 Å². The van der Waals surface area contributed by atoms with Crippen molar-refractivity contribution in [3.63, 3.8) is 0 Å². The number of tetrazole rings is 1. The molecule has 0 radical (unpaired) electrons. The quantitative estimate of drug-likeness (QED) is 0.587. The van der Waals surface area contributed by atoms with Crippen LogP contribution in [0.15, 0.2) is 48.8 Å². The minimum Gasteiger partial charge on any atom is -0.336 e. The maximum Gasteiger partial charge on any atom is 0.417 e.